The van der Waals surface area contributed by atoms with Crippen LogP contribution in [-0.2, 0) is 10.3 Å². The predicted octanol–water partition coefficient (Wildman–Crippen LogP) is -1.59. The number of aromatic nitrogens is 4. The number of nitrogens with one attached hydrogen (secondary N) is 2. The van der Waals surface area contributed by atoms with Gasteiger partial charge in [-0.05, 0) is 5.21 Å². The van der Waals surface area contributed by atoms with E-state index in [1.165, 1.54) is 0 Å². The molecule has 0 fully saturated rings. The fourth-order valence-electron chi connectivity index (χ4n) is 0.320. The third-order valence-electron chi connectivity index (χ3n) is 0.566. The summed E-state index contributed by atoms with van der Waals surface area (Å²) in [4.78, 5) is 0. The summed E-state index contributed by atoms with van der Waals surface area (Å²) in [6.45, 7) is 0. The molecule has 0 aliphatic rings. The zero-order valence-corrected chi connectivity index (χ0v) is 5.33. The maximum Gasteiger partial charge on any atom is 0.359 e. The van der Waals surface area contributed by atoms with Crippen LogP contribution in [0.5, 0.6) is 0 Å². The molecule has 10 heavy (non-hydrogen) atoms. The van der Waals surface area contributed by atoms with Crippen molar-refractivity contribution in [1.82, 2.24) is 20.6 Å². The highest BCUT2D eigenvalue weighted by molar-refractivity contribution is 7.87. The Morgan fingerprint density at radius 3 is 2.70 bits per heavy atom. The second kappa shape index (κ2) is 2.19. The van der Waals surface area contributed by atoms with Crippen molar-refractivity contribution in [1.29, 1.82) is 0 Å². The van der Waals surface area contributed by atoms with Gasteiger partial charge >= 0.3 is 10.3 Å². The smallest absolute Gasteiger partial charge is 0.269 e. The first-order valence-electron chi connectivity index (χ1n) is 2.06. The van der Waals surface area contributed by atoms with E-state index >= 15 is 0 Å². The molecule has 0 radical (unpaired) electrons. The van der Waals surface area contributed by atoms with Crippen molar-refractivity contribution in [2.45, 2.75) is 0 Å². The summed E-state index contributed by atoms with van der Waals surface area (Å²) in [6, 6.07) is 0. The first-order chi connectivity index (χ1) is 4.58. The van der Waals surface area contributed by atoms with Crippen LogP contribution in [0.3, 0.4) is 0 Å². The molecular weight excluding hydrogens is 162 g/mol. The van der Waals surface area contributed by atoms with E-state index in [0.717, 1.165) is 0 Å². The van der Waals surface area contributed by atoms with E-state index < -0.39 is 10.3 Å². The number of anilines is 1. The second-order valence-electron chi connectivity index (χ2n) is 1.31. The van der Waals surface area contributed by atoms with E-state index in [1.54, 1.807) is 4.72 Å². The molecule has 0 amide bonds. The summed E-state index contributed by atoms with van der Waals surface area (Å²) in [6.07, 6.45) is 0. The fourth-order valence-corrected chi connectivity index (χ4v) is 0.638. The monoisotopic (exact) mass is 165 g/mol. The number of rotatable bonds is 2. The van der Waals surface area contributed by atoms with Crippen LogP contribution < -0.4 is 4.72 Å². The molecule has 1 aromatic rings. The van der Waals surface area contributed by atoms with Gasteiger partial charge in [0.15, 0.2) is 0 Å². The van der Waals surface area contributed by atoms with Gasteiger partial charge in [-0.2, -0.15) is 13.6 Å². The molecule has 1 heterocycles. The average Bonchev–Trinajstić information content (AvgIpc) is 2.12. The minimum absolute atomic E-state index is 0.303. The lowest BCUT2D eigenvalue weighted by atomic mass is 11.2. The standard InChI is InChI=1S/CH3N5O3S/c7-10(8,9)4-1-2-5-6-3-1/h(H,7,8,9)(H2,2,3,4,5,6). The normalized spacial score (nSPS) is 11.3. The molecule has 0 aromatic carbocycles. The van der Waals surface area contributed by atoms with Crippen LogP contribution in [0.2, 0.25) is 0 Å². The topological polar surface area (TPSA) is 121 Å². The second-order valence-corrected chi connectivity index (χ2v) is 2.47. The third kappa shape index (κ3) is 1.95. The maximum atomic E-state index is 10.0. The number of H-pyrrole nitrogens is 1. The number of hydrogen-bond donors (Lipinski definition) is 3. The van der Waals surface area contributed by atoms with Gasteiger partial charge in [-0.3, -0.25) is 4.55 Å². The average molecular weight is 165 g/mol. The van der Waals surface area contributed by atoms with Crippen molar-refractivity contribution in [3.63, 3.8) is 0 Å². The Morgan fingerprint density at radius 2 is 2.30 bits per heavy atom. The summed E-state index contributed by atoms with van der Waals surface area (Å²) in [5.74, 6) is -0.303. The Hall–Kier alpha value is -1.22. The molecular formula is CH3N5O3S. The fraction of sp³-hybridized carbons (Fsp3) is 0. The summed E-state index contributed by atoms with van der Waals surface area (Å²) < 4.78 is 29.7. The Morgan fingerprint density at radius 1 is 1.60 bits per heavy atom. The van der Waals surface area contributed by atoms with Gasteiger partial charge in [0, 0.05) is 0 Å². The molecule has 0 bridgehead atoms. The molecule has 0 spiro atoms. The van der Waals surface area contributed by atoms with Crippen molar-refractivity contribution >= 4 is 16.3 Å². The van der Waals surface area contributed by atoms with E-state index in [-0.39, 0.29) is 5.95 Å². The molecule has 0 saturated heterocycles. The zero-order valence-electron chi connectivity index (χ0n) is 4.51. The summed E-state index contributed by atoms with van der Waals surface area (Å²) >= 11 is 0. The van der Waals surface area contributed by atoms with Crippen LogP contribution in [0.25, 0.3) is 0 Å². The molecule has 0 aliphatic heterocycles. The SMILES string of the molecule is O=S(=O)(O)Nc1nn[nH]n1. The molecule has 0 unspecified atom stereocenters. The first-order valence-corrected chi connectivity index (χ1v) is 3.50. The van der Waals surface area contributed by atoms with Crippen LogP contribution in [0.1, 0.15) is 0 Å². The van der Waals surface area contributed by atoms with Gasteiger partial charge in [-0.15, -0.1) is 5.10 Å². The number of hydrogen-bond acceptors (Lipinski definition) is 5. The molecule has 8 nitrogen and oxygen atoms in total. The van der Waals surface area contributed by atoms with Gasteiger partial charge < -0.3 is 0 Å². The highest BCUT2D eigenvalue weighted by Crippen LogP contribution is 1.92. The number of aromatic amines is 1. The lowest BCUT2D eigenvalue weighted by Gasteiger charge is -1.91. The van der Waals surface area contributed by atoms with E-state index in [4.69, 9.17) is 4.55 Å². The van der Waals surface area contributed by atoms with Gasteiger partial charge in [-0.1, -0.05) is 5.10 Å². The van der Waals surface area contributed by atoms with Gasteiger partial charge in [0.05, 0.1) is 0 Å². The van der Waals surface area contributed by atoms with Crippen molar-refractivity contribution in [2.75, 3.05) is 4.72 Å². The molecule has 0 saturated carbocycles. The van der Waals surface area contributed by atoms with Gasteiger partial charge in [-0.25, -0.2) is 4.72 Å². The summed E-state index contributed by atoms with van der Waals surface area (Å²) in [5.41, 5.74) is 0. The van der Waals surface area contributed by atoms with Crippen LogP contribution >= 0.6 is 0 Å². The Balaban J connectivity index is 2.75. The molecule has 9 heteroatoms. The van der Waals surface area contributed by atoms with Crippen LogP contribution in [0, 0.1) is 0 Å². The van der Waals surface area contributed by atoms with Crippen molar-refractivity contribution < 1.29 is 13.0 Å². The maximum absolute atomic E-state index is 10.0. The van der Waals surface area contributed by atoms with E-state index in [2.05, 4.69) is 15.4 Å². The molecule has 3 N–H and O–H groups in total. The lowest BCUT2D eigenvalue weighted by Crippen LogP contribution is -2.11. The minimum atomic E-state index is -4.28. The molecule has 56 valence electrons. The van der Waals surface area contributed by atoms with E-state index in [0.29, 0.717) is 0 Å². The van der Waals surface area contributed by atoms with E-state index in [9.17, 15) is 8.42 Å². The van der Waals surface area contributed by atoms with E-state index in [1.807, 2.05) is 5.21 Å². The van der Waals surface area contributed by atoms with Crippen LogP contribution in [0.15, 0.2) is 0 Å². The van der Waals surface area contributed by atoms with Crippen LogP contribution in [0.4, 0.5) is 5.95 Å². The highest BCUT2D eigenvalue weighted by atomic mass is 32.2. The van der Waals surface area contributed by atoms with Crippen molar-refractivity contribution in [2.24, 2.45) is 0 Å². The Bertz CT molecular complexity index is 287. The molecule has 1 rings (SSSR count). The van der Waals surface area contributed by atoms with Gasteiger partial charge in [0.1, 0.15) is 0 Å². The largest absolute Gasteiger partial charge is 0.359 e. The summed E-state index contributed by atoms with van der Waals surface area (Å²) in [7, 11) is -4.28. The third-order valence-corrected chi connectivity index (χ3v) is 1.01. The Labute approximate surface area is 55.5 Å². The predicted molar refractivity (Wildman–Crippen MR) is 29.3 cm³/mol. The highest BCUT2D eigenvalue weighted by Gasteiger charge is 2.05. The number of nitrogens with zero attached hydrogens (tertiary/aromatic N) is 3. The lowest BCUT2D eigenvalue weighted by molar-refractivity contribution is 0.489. The summed E-state index contributed by atoms with van der Waals surface area (Å²) in [5, 5.41) is 11.4. The van der Waals surface area contributed by atoms with Crippen LogP contribution in [-0.4, -0.2) is 33.6 Å². The van der Waals surface area contributed by atoms with Gasteiger partial charge in [0.25, 0.3) is 5.95 Å². The molecule has 0 aliphatic carbocycles. The molecule has 0 atom stereocenters. The zero-order chi connectivity index (χ0) is 7.61. The Kier molecular flexibility index (Phi) is 1.51. The number of tetrazole rings is 1. The minimum Gasteiger partial charge on any atom is -0.269 e. The van der Waals surface area contributed by atoms with Crippen molar-refractivity contribution in [3.05, 3.63) is 0 Å². The van der Waals surface area contributed by atoms with Gasteiger partial charge in [0.2, 0.25) is 0 Å². The molecule has 1 aromatic heterocycles. The van der Waals surface area contributed by atoms with Crippen molar-refractivity contribution in [3.8, 4) is 0 Å². The quantitative estimate of drug-likeness (QED) is 0.454. The first kappa shape index (κ1) is 6.89.